The Morgan fingerprint density at radius 2 is 2.09 bits per heavy atom. The van der Waals surface area contributed by atoms with Gasteiger partial charge in [-0.05, 0) is 30.7 Å². The summed E-state index contributed by atoms with van der Waals surface area (Å²) in [6.07, 6.45) is 1.62. The number of carbonyl (C=O) groups is 1. The van der Waals surface area contributed by atoms with Gasteiger partial charge in [-0.3, -0.25) is 4.79 Å². The van der Waals surface area contributed by atoms with Crippen molar-refractivity contribution in [2.24, 2.45) is 0 Å². The lowest BCUT2D eigenvalue weighted by atomic mass is 10.2. The first-order valence-electron chi connectivity index (χ1n) is 7.03. The number of halogens is 1. The largest absolute Gasteiger partial charge is 0.466 e. The van der Waals surface area contributed by atoms with Crippen LogP contribution < -0.4 is 10.1 Å². The van der Waals surface area contributed by atoms with Crippen molar-refractivity contribution in [1.29, 1.82) is 0 Å². The molecular formula is C17H14FN3O2. The SMILES string of the molecule is Cc1ccc(NC(=O)COc2nncc3ccccc23)cc1F. The molecule has 0 saturated carbocycles. The number of fused-ring (bicyclic) bond motifs is 1. The highest BCUT2D eigenvalue weighted by atomic mass is 19.1. The second-order valence-electron chi connectivity index (χ2n) is 5.04. The molecule has 2 aromatic carbocycles. The molecule has 0 bridgehead atoms. The zero-order valence-corrected chi connectivity index (χ0v) is 12.4. The summed E-state index contributed by atoms with van der Waals surface area (Å²) in [5, 5.41) is 12.0. The van der Waals surface area contributed by atoms with Crippen LogP contribution in [0.3, 0.4) is 0 Å². The molecule has 6 heteroatoms. The minimum atomic E-state index is -0.400. The summed E-state index contributed by atoms with van der Waals surface area (Å²) >= 11 is 0. The molecule has 5 nitrogen and oxygen atoms in total. The highest BCUT2D eigenvalue weighted by Gasteiger charge is 2.09. The van der Waals surface area contributed by atoms with Gasteiger partial charge in [0.1, 0.15) is 5.82 Å². The fraction of sp³-hybridized carbons (Fsp3) is 0.118. The molecule has 0 aliphatic heterocycles. The molecule has 0 saturated heterocycles. The molecule has 116 valence electrons. The molecule has 0 unspecified atom stereocenters. The number of benzene rings is 2. The summed E-state index contributed by atoms with van der Waals surface area (Å²) in [6, 6.07) is 12.0. The smallest absolute Gasteiger partial charge is 0.262 e. The van der Waals surface area contributed by atoms with E-state index in [2.05, 4.69) is 15.5 Å². The molecule has 1 heterocycles. The lowest BCUT2D eigenvalue weighted by molar-refractivity contribution is -0.118. The second-order valence-corrected chi connectivity index (χ2v) is 5.04. The molecule has 3 aromatic rings. The van der Waals surface area contributed by atoms with Gasteiger partial charge in [0.25, 0.3) is 5.91 Å². The number of hydrogen-bond donors (Lipinski definition) is 1. The fourth-order valence-electron chi connectivity index (χ4n) is 2.11. The highest BCUT2D eigenvalue weighted by molar-refractivity contribution is 5.92. The number of ether oxygens (including phenoxy) is 1. The van der Waals surface area contributed by atoms with Crippen LogP contribution in [0.15, 0.2) is 48.7 Å². The molecule has 1 N–H and O–H groups in total. The molecule has 1 aromatic heterocycles. The van der Waals surface area contributed by atoms with Crippen molar-refractivity contribution < 1.29 is 13.9 Å². The maximum atomic E-state index is 13.5. The van der Waals surface area contributed by atoms with Gasteiger partial charge in [-0.1, -0.05) is 24.3 Å². The van der Waals surface area contributed by atoms with Crippen molar-refractivity contribution in [3.05, 3.63) is 60.0 Å². The highest BCUT2D eigenvalue weighted by Crippen LogP contribution is 2.21. The predicted octanol–water partition coefficient (Wildman–Crippen LogP) is 3.09. The van der Waals surface area contributed by atoms with Crippen molar-refractivity contribution in [3.8, 4) is 5.88 Å². The number of nitrogens with zero attached hydrogens (tertiary/aromatic N) is 2. The Morgan fingerprint density at radius 1 is 1.26 bits per heavy atom. The molecule has 1 amide bonds. The van der Waals surface area contributed by atoms with E-state index in [1.165, 1.54) is 6.07 Å². The first-order valence-corrected chi connectivity index (χ1v) is 7.03. The third kappa shape index (κ3) is 3.42. The van der Waals surface area contributed by atoms with Crippen LogP contribution in [0.25, 0.3) is 10.8 Å². The number of amides is 1. The summed E-state index contributed by atoms with van der Waals surface area (Å²) in [6.45, 7) is 1.42. The molecule has 0 aliphatic rings. The van der Waals surface area contributed by atoms with E-state index in [-0.39, 0.29) is 18.3 Å². The summed E-state index contributed by atoms with van der Waals surface area (Å²) < 4.78 is 18.9. The first kappa shape index (κ1) is 14.9. The van der Waals surface area contributed by atoms with Crippen LogP contribution in [0.1, 0.15) is 5.56 Å². The normalized spacial score (nSPS) is 10.5. The lowest BCUT2D eigenvalue weighted by Crippen LogP contribution is -2.20. The minimum Gasteiger partial charge on any atom is -0.466 e. The van der Waals surface area contributed by atoms with E-state index in [1.54, 1.807) is 25.3 Å². The number of nitrogens with one attached hydrogen (secondary N) is 1. The van der Waals surface area contributed by atoms with Crippen LogP contribution in [0.2, 0.25) is 0 Å². The van der Waals surface area contributed by atoms with Crippen LogP contribution >= 0.6 is 0 Å². The van der Waals surface area contributed by atoms with E-state index >= 15 is 0 Å². The van der Waals surface area contributed by atoms with Gasteiger partial charge >= 0.3 is 0 Å². The van der Waals surface area contributed by atoms with Gasteiger partial charge in [0.15, 0.2) is 6.61 Å². The third-order valence-corrected chi connectivity index (χ3v) is 3.33. The number of aryl methyl sites for hydroxylation is 1. The van der Waals surface area contributed by atoms with Crippen LogP contribution in [0.5, 0.6) is 5.88 Å². The Hall–Kier alpha value is -3.02. The average molecular weight is 311 g/mol. The van der Waals surface area contributed by atoms with Crippen molar-refractivity contribution in [1.82, 2.24) is 10.2 Å². The Balaban J connectivity index is 1.67. The summed E-state index contributed by atoms with van der Waals surface area (Å²) in [5.74, 6) is -0.486. The van der Waals surface area contributed by atoms with E-state index in [4.69, 9.17) is 4.74 Å². The maximum Gasteiger partial charge on any atom is 0.262 e. The summed E-state index contributed by atoms with van der Waals surface area (Å²) in [5.41, 5.74) is 0.899. The second kappa shape index (κ2) is 6.39. The zero-order chi connectivity index (χ0) is 16.2. The number of anilines is 1. The Kier molecular flexibility index (Phi) is 4.14. The minimum absolute atomic E-state index is 0.238. The Labute approximate surface area is 132 Å². The third-order valence-electron chi connectivity index (χ3n) is 3.33. The molecule has 0 radical (unpaired) electrons. The number of aromatic nitrogens is 2. The molecule has 0 aliphatic carbocycles. The van der Waals surface area contributed by atoms with Gasteiger partial charge < -0.3 is 10.1 Å². The van der Waals surface area contributed by atoms with Crippen molar-refractivity contribution in [3.63, 3.8) is 0 Å². The Bertz CT molecular complexity index is 862. The quantitative estimate of drug-likeness (QED) is 0.804. The van der Waals surface area contributed by atoms with Gasteiger partial charge in [-0.25, -0.2) is 4.39 Å². The van der Waals surface area contributed by atoms with E-state index in [1.807, 2.05) is 24.3 Å². The van der Waals surface area contributed by atoms with Crippen LogP contribution in [0, 0.1) is 12.7 Å². The van der Waals surface area contributed by atoms with E-state index in [0.29, 0.717) is 11.3 Å². The van der Waals surface area contributed by atoms with Crippen molar-refractivity contribution in [2.75, 3.05) is 11.9 Å². The number of hydrogen-bond acceptors (Lipinski definition) is 4. The monoisotopic (exact) mass is 311 g/mol. The standard InChI is InChI=1S/C17H14FN3O2/c1-11-6-7-13(8-15(11)18)20-16(22)10-23-17-14-5-3-2-4-12(14)9-19-21-17/h2-9H,10H2,1H3,(H,20,22). The van der Waals surface area contributed by atoms with E-state index in [9.17, 15) is 9.18 Å². The first-order chi connectivity index (χ1) is 11.1. The van der Waals surface area contributed by atoms with Crippen LogP contribution in [-0.4, -0.2) is 22.7 Å². The van der Waals surface area contributed by atoms with Gasteiger partial charge in [0.05, 0.1) is 6.20 Å². The van der Waals surface area contributed by atoms with Crippen molar-refractivity contribution in [2.45, 2.75) is 6.92 Å². The van der Waals surface area contributed by atoms with Crippen molar-refractivity contribution >= 4 is 22.4 Å². The molecule has 0 spiro atoms. The summed E-state index contributed by atoms with van der Waals surface area (Å²) in [7, 11) is 0. The molecule has 0 atom stereocenters. The number of carbonyl (C=O) groups excluding carboxylic acids is 1. The zero-order valence-electron chi connectivity index (χ0n) is 12.4. The molecule has 0 fully saturated rings. The molecular weight excluding hydrogens is 297 g/mol. The fourth-order valence-corrected chi connectivity index (χ4v) is 2.11. The topological polar surface area (TPSA) is 64.1 Å². The predicted molar refractivity (Wildman–Crippen MR) is 84.8 cm³/mol. The maximum absolute atomic E-state index is 13.5. The Morgan fingerprint density at radius 3 is 2.91 bits per heavy atom. The lowest BCUT2D eigenvalue weighted by Gasteiger charge is -2.08. The van der Waals surface area contributed by atoms with E-state index in [0.717, 1.165) is 10.8 Å². The number of rotatable bonds is 4. The van der Waals surface area contributed by atoms with Crippen LogP contribution in [-0.2, 0) is 4.79 Å². The average Bonchev–Trinajstić information content (AvgIpc) is 2.56. The molecule has 3 rings (SSSR count). The van der Waals surface area contributed by atoms with Gasteiger partial charge in [0, 0.05) is 16.5 Å². The van der Waals surface area contributed by atoms with E-state index < -0.39 is 5.91 Å². The van der Waals surface area contributed by atoms with Gasteiger partial charge in [-0.2, -0.15) is 5.10 Å². The molecule has 23 heavy (non-hydrogen) atoms. The van der Waals surface area contributed by atoms with Gasteiger partial charge in [-0.15, -0.1) is 5.10 Å². The van der Waals surface area contributed by atoms with Crippen LogP contribution in [0.4, 0.5) is 10.1 Å². The summed E-state index contributed by atoms with van der Waals surface area (Å²) in [4.78, 5) is 11.9. The van der Waals surface area contributed by atoms with Gasteiger partial charge in [0.2, 0.25) is 5.88 Å².